The van der Waals surface area contributed by atoms with Gasteiger partial charge in [0.25, 0.3) is 0 Å². The van der Waals surface area contributed by atoms with Crippen molar-refractivity contribution in [2.45, 2.75) is 62.4 Å². The molecule has 5 nitrogen and oxygen atoms in total. The highest BCUT2D eigenvalue weighted by atomic mass is 19.4. The fraction of sp³-hybridized carbons (Fsp3) is 0.714. The molecule has 1 aromatic rings. The third-order valence-corrected chi connectivity index (χ3v) is 6.46. The Balaban J connectivity index is 1.89. The van der Waals surface area contributed by atoms with Gasteiger partial charge >= 0.3 is 6.36 Å². The van der Waals surface area contributed by atoms with Crippen molar-refractivity contribution in [2.24, 2.45) is 5.18 Å². The van der Waals surface area contributed by atoms with Gasteiger partial charge in [0.05, 0.1) is 0 Å². The Bertz CT molecular complexity index is 690. The summed E-state index contributed by atoms with van der Waals surface area (Å²) >= 11 is 0. The summed E-state index contributed by atoms with van der Waals surface area (Å²) in [6.45, 7) is 2.41. The van der Waals surface area contributed by atoms with E-state index in [2.05, 4.69) is 33.8 Å². The average Bonchev–Trinajstić information content (AvgIpc) is 3.15. The van der Waals surface area contributed by atoms with Gasteiger partial charge in [-0.3, -0.25) is 0 Å². The Kier molecular flexibility index (Phi) is 6.83. The van der Waals surface area contributed by atoms with Crippen LogP contribution in [0.5, 0.6) is 5.75 Å². The van der Waals surface area contributed by atoms with E-state index in [4.69, 9.17) is 0 Å². The maximum Gasteiger partial charge on any atom is 0.573 e. The molecule has 2 aliphatic rings. The van der Waals surface area contributed by atoms with E-state index >= 15 is 0 Å². The molecular weight excluding hydrogens is 383 g/mol. The number of nitrogens with zero attached hydrogens (tertiary/aromatic N) is 3. The van der Waals surface area contributed by atoms with Gasteiger partial charge in [0.1, 0.15) is 11.3 Å². The highest BCUT2D eigenvalue weighted by Gasteiger charge is 2.44. The monoisotopic (exact) mass is 413 g/mol. The Morgan fingerprint density at radius 3 is 2.59 bits per heavy atom. The maximum absolute atomic E-state index is 12.7. The quantitative estimate of drug-likeness (QED) is 0.604. The molecule has 1 aliphatic carbocycles. The molecule has 1 aliphatic heterocycles. The molecule has 2 atom stereocenters. The molecule has 0 radical (unpaired) electrons. The number of alkyl halides is 3. The first-order chi connectivity index (χ1) is 13.7. The summed E-state index contributed by atoms with van der Waals surface area (Å²) in [4.78, 5) is 16.6. The number of benzene rings is 1. The maximum atomic E-state index is 12.7. The minimum atomic E-state index is -4.74. The fourth-order valence-corrected chi connectivity index (χ4v) is 4.84. The van der Waals surface area contributed by atoms with Gasteiger partial charge in [-0.15, -0.1) is 13.2 Å². The van der Waals surface area contributed by atoms with E-state index in [1.807, 2.05) is 0 Å². The van der Waals surface area contributed by atoms with Crippen molar-refractivity contribution in [1.29, 1.82) is 0 Å². The van der Waals surface area contributed by atoms with Crippen molar-refractivity contribution >= 4 is 0 Å². The minimum Gasteiger partial charge on any atom is -0.406 e. The molecule has 29 heavy (non-hydrogen) atoms. The lowest BCUT2D eigenvalue weighted by atomic mass is 9.70. The SMILES string of the molecule is CN(C)[C@@H]1CCN(CC(c2cccc(OC(F)(F)F)c2)C2(N=O)CCCCC2)C1. The Morgan fingerprint density at radius 2 is 2.00 bits per heavy atom. The number of likely N-dealkylation sites (tertiary alicyclic amines) is 1. The molecule has 0 bridgehead atoms. The minimum absolute atomic E-state index is 0.246. The number of rotatable bonds is 7. The van der Waals surface area contributed by atoms with Crippen LogP contribution in [0.1, 0.15) is 50.0 Å². The summed E-state index contributed by atoms with van der Waals surface area (Å²) in [5.74, 6) is -0.498. The van der Waals surface area contributed by atoms with Gasteiger partial charge in [0.2, 0.25) is 0 Å². The number of hydrogen-bond acceptors (Lipinski definition) is 5. The van der Waals surface area contributed by atoms with E-state index in [0.717, 1.165) is 38.8 Å². The van der Waals surface area contributed by atoms with Crippen LogP contribution in [0, 0.1) is 4.91 Å². The van der Waals surface area contributed by atoms with Crippen molar-refractivity contribution in [3.05, 3.63) is 34.7 Å². The molecule has 1 unspecified atom stereocenters. The Labute approximate surface area is 170 Å². The third-order valence-electron chi connectivity index (χ3n) is 6.46. The van der Waals surface area contributed by atoms with E-state index in [0.29, 0.717) is 31.0 Å². The standard InChI is InChI=1S/C21H30F3N3O2/c1-26(2)17-9-12-27(14-17)15-19(20(25-28)10-4-3-5-11-20)16-7-6-8-18(13-16)29-21(22,23)24/h6-8,13,17,19H,3-5,9-12,14-15H2,1-2H3/t17-,19?/m1/s1. The molecule has 1 saturated heterocycles. The topological polar surface area (TPSA) is 45.1 Å². The van der Waals surface area contributed by atoms with E-state index in [9.17, 15) is 18.1 Å². The first-order valence-electron chi connectivity index (χ1n) is 10.3. The summed E-state index contributed by atoms with van der Waals surface area (Å²) < 4.78 is 42.3. The van der Waals surface area contributed by atoms with Crippen LogP contribution in [0.25, 0.3) is 0 Å². The molecule has 0 N–H and O–H groups in total. The zero-order valence-corrected chi connectivity index (χ0v) is 17.1. The molecule has 0 aromatic heterocycles. The van der Waals surface area contributed by atoms with E-state index in [-0.39, 0.29) is 11.7 Å². The molecule has 3 rings (SSSR count). The number of ether oxygens (including phenoxy) is 1. The summed E-state index contributed by atoms with van der Waals surface area (Å²) in [6.07, 6.45) is 0.551. The van der Waals surface area contributed by atoms with Gasteiger partial charge in [0.15, 0.2) is 0 Å². The summed E-state index contributed by atoms with van der Waals surface area (Å²) in [5.41, 5.74) is -0.0766. The molecule has 8 heteroatoms. The van der Waals surface area contributed by atoms with Crippen LogP contribution < -0.4 is 4.74 Å². The number of halogens is 3. The van der Waals surface area contributed by atoms with E-state index in [1.54, 1.807) is 12.1 Å². The first-order valence-corrected chi connectivity index (χ1v) is 10.3. The van der Waals surface area contributed by atoms with Gasteiger partial charge in [-0.05, 0) is 57.6 Å². The van der Waals surface area contributed by atoms with Gasteiger partial charge in [-0.1, -0.05) is 36.6 Å². The van der Waals surface area contributed by atoms with Crippen molar-refractivity contribution in [1.82, 2.24) is 9.80 Å². The van der Waals surface area contributed by atoms with Crippen molar-refractivity contribution in [3.8, 4) is 5.75 Å². The summed E-state index contributed by atoms with van der Waals surface area (Å²) in [5, 5.41) is 3.61. The molecular formula is C21H30F3N3O2. The van der Waals surface area contributed by atoms with Crippen LogP contribution in [0.3, 0.4) is 0 Å². The first kappa shape index (κ1) is 22.0. The molecule has 0 amide bonds. The molecule has 2 fully saturated rings. The molecule has 0 spiro atoms. The Hall–Kier alpha value is -1.67. The lowest BCUT2D eigenvalue weighted by molar-refractivity contribution is -0.274. The molecule has 1 saturated carbocycles. The van der Waals surface area contributed by atoms with E-state index < -0.39 is 11.9 Å². The normalized spacial score (nSPS) is 23.9. The number of likely N-dealkylation sites (N-methyl/N-ethyl adjacent to an activating group) is 1. The van der Waals surface area contributed by atoms with Crippen LogP contribution in [-0.4, -0.2) is 61.5 Å². The zero-order chi connectivity index (χ0) is 21.1. The average molecular weight is 413 g/mol. The van der Waals surface area contributed by atoms with Gasteiger partial charge in [-0.2, -0.15) is 4.91 Å². The van der Waals surface area contributed by atoms with Crippen LogP contribution in [0.15, 0.2) is 29.4 Å². The third kappa shape index (κ3) is 5.48. The number of nitroso groups, excluding NO2 is 1. The largest absolute Gasteiger partial charge is 0.573 e. The van der Waals surface area contributed by atoms with Crippen LogP contribution >= 0.6 is 0 Å². The van der Waals surface area contributed by atoms with Gasteiger partial charge in [-0.25, -0.2) is 0 Å². The second kappa shape index (κ2) is 9.00. The second-order valence-electron chi connectivity index (χ2n) is 8.59. The Morgan fingerprint density at radius 1 is 1.28 bits per heavy atom. The van der Waals surface area contributed by atoms with Crippen LogP contribution in [-0.2, 0) is 0 Å². The van der Waals surface area contributed by atoms with Crippen molar-refractivity contribution < 1.29 is 17.9 Å². The molecule has 1 heterocycles. The second-order valence-corrected chi connectivity index (χ2v) is 8.59. The van der Waals surface area contributed by atoms with E-state index in [1.165, 1.54) is 12.1 Å². The highest BCUT2D eigenvalue weighted by Crippen LogP contribution is 2.44. The van der Waals surface area contributed by atoms with Crippen molar-refractivity contribution in [3.63, 3.8) is 0 Å². The predicted octanol–water partition coefficient (Wildman–Crippen LogP) is 4.77. The summed E-state index contributed by atoms with van der Waals surface area (Å²) in [6, 6.07) is 6.54. The summed E-state index contributed by atoms with van der Waals surface area (Å²) in [7, 11) is 4.11. The lowest BCUT2D eigenvalue weighted by Crippen LogP contribution is -2.43. The number of hydrogen-bond donors (Lipinski definition) is 0. The fourth-order valence-electron chi connectivity index (χ4n) is 4.84. The predicted molar refractivity (Wildman–Crippen MR) is 106 cm³/mol. The lowest BCUT2D eigenvalue weighted by Gasteiger charge is -2.40. The smallest absolute Gasteiger partial charge is 0.406 e. The van der Waals surface area contributed by atoms with Gasteiger partial charge < -0.3 is 14.5 Å². The van der Waals surface area contributed by atoms with Crippen LogP contribution in [0.4, 0.5) is 13.2 Å². The van der Waals surface area contributed by atoms with Crippen molar-refractivity contribution in [2.75, 3.05) is 33.7 Å². The molecule has 1 aromatic carbocycles. The van der Waals surface area contributed by atoms with Crippen LogP contribution in [0.2, 0.25) is 0 Å². The molecule has 162 valence electrons. The zero-order valence-electron chi connectivity index (χ0n) is 17.1. The van der Waals surface area contributed by atoms with Gasteiger partial charge in [0, 0.05) is 25.0 Å². The highest BCUT2D eigenvalue weighted by molar-refractivity contribution is 5.34.